The van der Waals surface area contributed by atoms with Gasteiger partial charge in [-0.25, -0.2) is 9.78 Å². The molecule has 1 saturated heterocycles. The molecule has 0 spiro atoms. The van der Waals surface area contributed by atoms with Crippen LogP contribution < -0.4 is 10.5 Å². The van der Waals surface area contributed by atoms with Gasteiger partial charge in [-0.15, -0.1) is 0 Å². The SMILES string of the molecule is COC(=O)C1CCCCN1c1ncc[nH]c1=O. The molecule has 0 bridgehead atoms. The topological polar surface area (TPSA) is 75.3 Å². The maximum atomic E-state index is 11.7. The summed E-state index contributed by atoms with van der Waals surface area (Å²) in [5, 5.41) is 0. The van der Waals surface area contributed by atoms with Crippen LogP contribution in [0.3, 0.4) is 0 Å². The molecular weight excluding hydrogens is 222 g/mol. The summed E-state index contributed by atoms with van der Waals surface area (Å²) in [7, 11) is 1.36. The van der Waals surface area contributed by atoms with E-state index in [1.807, 2.05) is 0 Å². The van der Waals surface area contributed by atoms with Crippen molar-refractivity contribution >= 4 is 11.8 Å². The average molecular weight is 237 g/mol. The van der Waals surface area contributed by atoms with Gasteiger partial charge in [0.1, 0.15) is 6.04 Å². The Kier molecular flexibility index (Phi) is 3.41. The number of carbonyl (C=O) groups excluding carboxylic acids is 1. The number of aromatic amines is 1. The third-order valence-corrected chi connectivity index (χ3v) is 2.94. The fraction of sp³-hybridized carbons (Fsp3) is 0.545. The molecule has 0 amide bonds. The van der Waals surface area contributed by atoms with Crippen LogP contribution in [0.5, 0.6) is 0 Å². The Morgan fingerprint density at radius 3 is 3.12 bits per heavy atom. The van der Waals surface area contributed by atoms with Crippen LogP contribution in [0.2, 0.25) is 0 Å². The fourth-order valence-corrected chi connectivity index (χ4v) is 2.11. The Balaban J connectivity index is 2.31. The van der Waals surface area contributed by atoms with E-state index in [2.05, 4.69) is 9.97 Å². The predicted octanol–water partition coefficient (Wildman–Crippen LogP) is 0.302. The molecule has 2 rings (SSSR count). The van der Waals surface area contributed by atoms with Crippen molar-refractivity contribution < 1.29 is 9.53 Å². The summed E-state index contributed by atoms with van der Waals surface area (Å²) < 4.78 is 4.76. The first-order valence-electron chi connectivity index (χ1n) is 5.62. The minimum atomic E-state index is -0.398. The summed E-state index contributed by atoms with van der Waals surface area (Å²) in [6.45, 7) is 0.653. The predicted molar refractivity (Wildman–Crippen MR) is 61.9 cm³/mol. The van der Waals surface area contributed by atoms with Gasteiger partial charge in [0.15, 0.2) is 5.82 Å². The zero-order valence-electron chi connectivity index (χ0n) is 9.68. The van der Waals surface area contributed by atoms with Crippen molar-refractivity contribution in [2.24, 2.45) is 0 Å². The summed E-state index contributed by atoms with van der Waals surface area (Å²) >= 11 is 0. The second-order valence-corrected chi connectivity index (χ2v) is 3.97. The van der Waals surface area contributed by atoms with E-state index in [0.717, 1.165) is 12.8 Å². The molecule has 1 aliphatic heterocycles. The van der Waals surface area contributed by atoms with E-state index < -0.39 is 6.04 Å². The average Bonchev–Trinajstić information content (AvgIpc) is 2.38. The van der Waals surface area contributed by atoms with Gasteiger partial charge in [0.05, 0.1) is 7.11 Å². The number of carbonyl (C=O) groups is 1. The lowest BCUT2D eigenvalue weighted by molar-refractivity contribution is -0.142. The second-order valence-electron chi connectivity index (χ2n) is 3.97. The highest BCUT2D eigenvalue weighted by Crippen LogP contribution is 2.21. The molecular formula is C11H15N3O3. The van der Waals surface area contributed by atoms with Crippen LogP contribution in [0.4, 0.5) is 5.82 Å². The third kappa shape index (κ3) is 2.30. The number of piperidine rings is 1. The maximum Gasteiger partial charge on any atom is 0.328 e. The molecule has 1 N–H and O–H groups in total. The minimum Gasteiger partial charge on any atom is -0.467 e. The van der Waals surface area contributed by atoms with E-state index in [0.29, 0.717) is 18.8 Å². The summed E-state index contributed by atoms with van der Waals surface area (Å²) in [5.74, 6) is -0.0163. The molecule has 2 heterocycles. The molecule has 1 aliphatic rings. The van der Waals surface area contributed by atoms with Gasteiger partial charge in [-0.3, -0.25) is 4.79 Å². The number of hydrogen-bond donors (Lipinski definition) is 1. The van der Waals surface area contributed by atoms with E-state index in [1.165, 1.54) is 19.5 Å². The van der Waals surface area contributed by atoms with Crippen molar-refractivity contribution in [3.63, 3.8) is 0 Å². The summed E-state index contributed by atoms with van der Waals surface area (Å²) in [6, 6.07) is -0.398. The van der Waals surface area contributed by atoms with E-state index in [4.69, 9.17) is 4.74 Å². The molecule has 1 unspecified atom stereocenters. The minimum absolute atomic E-state index is 0.275. The second kappa shape index (κ2) is 4.99. The number of nitrogens with zero attached hydrogens (tertiary/aromatic N) is 2. The lowest BCUT2D eigenvalue weighted by Crippen LogP contribution is -2.47. The van der Waals surface area contributed by atoms with Gasteiger partial charge in [-0.1, -0.05) is 0 Å². The number of anilines is 1. The van der Waals surface area contributed by atoms with Crippen LogP contribution >= 0.6 is 0 Å². The molecule has 0 aromatic carbocycles. The van der Waals surface area contributed by atoms with Gasteiger partial charge < -0.3 is 14.6 Å². The van der Waals surface area contributed by atoms with Crippen molar-refractivity contribution in [1.82, 2.24) is 9.97 Å². The van der Waals surface area contributed by atoms with E-state index in [-0.39, 0.29) is 11.5 Å². The largest absolute Gasteiger partial charge is 0.467 e. The monoisotopic (exact) mass is 237 g/mol. The van der Waals surface area contributed by atoms with Crippen LogP contribution in [0.15, 0.2) is 17.2 Å². The number of hydrogen-bond acceptors (Lipinski definition) is 5. The summed E-state index contributed by atoms with van der Waals surface area (Å²) in [4.78, 5) is 31.7. The van der Waals surface area contributed by atoms with Crippen LogP contribution in [-0.2, 0) is 9.53 Å². The van der Waals surface area contributed by atoms with Gasteiger partial charge in [0.2, 0.25) is 0 Å². The Bertz CT molecular complexity index is 457. The van der Waals surface area contributed by atoms with Gasteiger partial charge in [0.25, 0.3) is 5.56 Å². The fourth-order valence-electron chi connectivity index (χ4n) is 2.11. The highest BCUT2D eigenvalue weighted by molar-refractivity contribution is 5.79. The van der Waals surface area contributed by atoms with Crippen LogP contribution in [0, 0.1) is 0 Å². The summed E-state index contributed by atoms with van der Waals surface area (Å²) in [5.41, 5.74) is -0.275. The molecule has 1 fully saturated rings. The van der Waals surface area contributed by atoms with Crippen molar-refractivity contribution in [2.75, 3.05) is 18.6 Å². The Morgan fingerprint density at radius 1 is 1.59 bits per heavy atom. The first-order valence-corrected chi connectivity index (χ1v) is 5.62. The number of aromatic nitrogens is 2. The molecule has 17 heavy (non-hydrogen) atoms. The van der Waals surface area contributed by atoms with Crippen LogP contribution in [0.1, 0.15) is 19.3 Å². The molecule has 6 heteroatoms. The van der Waals surface area contributed by atoms with Gasteiger partial charge in [0, 0.05) is 18.9 Å². The number of nitrogens with one attached hydrogen (secondary N) is 1. The van der Waals surface area contributed by atoms with Crippen molar-refractivity contribution in [2.45, 2.75) is 25.3 Å². The lowest BCUT2D eigenvalue weighted by Gasteiger charge is -2.33. The quantitative estimate of drug-likeness (QED) is 0.749. The Labute approximate surface area is 98.6 Å². The van der Waals surface area contributed by atoms with Gasteiger partial charge in [-0.2, -0.15) is 0 Å². The van der Waals surface area contributed by atoms with Crippen LogP contribution in [0.25, 0.3) is 0 Å². The number of esters is 1. The lowest BCUT2D eigenvalue weighted by atomic mass is 10.0. The number of H-pyrrole nitrogens is 1. The molecule has 0 aliphatic carbocycles. The molecule has 0 radical (unpaired) electrons. The van der Waals surface area contributed by atoms with Gasteiger partial charge >= 0.3 is 5.97 Å². The van der Waals surface area contributed by atoms with Crippen LogP contribution in [-0.4, -0.2) is 35.6 Å². The van der Waals surface area contributed by atoms with E-state index >= 15 is 0 Å². The number of ether oxygens (including phenoxy) is 1. The molecule has 1 aromatic heterocycles. The first-order chi connectivity index (χ1) is 8.24. The molecule has 6 nitrogen and oxygen atoms in total. The van der Waals surface area contributed by atoms with Gasteiger partial charge in [-0.05, 0) is 19.3 Å². The van der Waals surface area contributed by atoms with Crippen molar-refractivity contribution in [1.29, 1.82) is 0 Å². The highest BCUT2D eigenvalue weighted by atomic mass is 16.5. The number of rotatable bonds is 2. The van der Waals surface area contributed by atoms with Crippen molar-refractivity contribution in [3.05, 3.63) is 22.7 Å². The summed E-state index contributed by atoms with van der Waals surface area (Å²) in [6.07, 6.45) is 5.59. The number of methoxy groups -OCH3 is 1. The van der Waals surface area contributed by atoms with Crippen molar-refractivity contribution in [3.8, 4) is 0 Å². The zero-order valence-corrected chi connectivity index (χ0v) is 9.68. The maximum absolute atomic E-state index is 11.7. The molecule has 0 saturated carbocycles. The normalized spacial score (nSPS) is 20.1. The first kappa shape index (κ1) is 11.6. The standard InChI is InChI=1S/C11H15N3O3/c1-17-11(16)8-4-2-3-7-14(8)9-10(15)13-6-5-12-9/h5-6,8H,2-4,7H2,1H3,(H,13,15). The molecule has 1 aromatic rings. The molecule has 1 atom stereocenters. The van der Waals surface area contributed by atoms with E-state index in [9.17, 15) is 9.59 Å². The van der Waals surface area contributed by atoms with E-state index in [1.54, 1.807) is 4.90 Å². The smallest absolute Gasteiger partial charge is 0.328 e. The molecule has 92 valence electrons. The third-order valence-electron chi connectivity index (χ3n) is 2.94. The Hall–Kier alpha value is -1.85. The zero-order chi connectivity index (χ0) is 12.3. The Morgan fingerprint density at radius 2 is 2.41 bits per heavy atom. The highest BCUT2D eigenvalue weighted by Gasteiger charge is 2.31.